The van der Waals surface area contributed by atoms with Gasteiger partial charge in [-0.05, 0) is 97.8 Å². The molecule has 4 heteroatoms. The average Bonchev–Trinajstić information content (AvgIpc) is 3.66. The molecule has 0 amide bonds. The lowest BCUT2D eigenvalue weighted by molar-refractivity contribution is 0.0681. The van der Waals surface area contributed by atoms with E-state index in [1.54, 1.807) is 5.56 Å². The molecule has 3 aliphatic rings. The van der Waals surface area contributed by atoms with Crippen LogP contribution in [0.4, 0.5) is 5.69 Å². The summed E-state index contributed by atoms with van der Waals surface area (Å²) in [4.78, 5) is 2.59. The van der Waals surface area contributed by atoms with Crippen LogP contribution < -0.4 is 15.5 Å². The minimum absolute atomic E-state index is 0.0221. The fourth-order valence-corrected chi connectivity index (χ4v) is 5.40. The quantitative estimate of drug-likeness (QED) is 0.606. The van der Waals surface area contributed by atoms with Crippen LogP contribution in [0.2, 0.25) is 0 Å². The lowest BCUT2D eigenvalue weighted by Gasteiger charge is -2.33. The van der Waals surface area contributed by atoms with Crippen molar-refractivity contribution in [3.05, 3.63) is 64.7 Å². The summed E-state index contributed by atoms with van der Waals surface area (Å²) in [7, 11) is 1.82. The number of benzene rings is 2. The third kappa shape index (κ3) is 4.97. The summed E-state index contributed by atoms with van der Waals surface area (Å²) in [5.74, 6) is 1.55. The Kier molecular flexibility index (Phi) is 6.58. The van der Waals surface area contributed by atoms with Gasteiger partial charge in [0.25, 0.3) is 0 Å². The Morgan fingerprint density at radius 2 is 1.94 bits per heavy atom. The van der Waals surface area contributed by atoms with E-state index < -0.39 is 0 Å². The highest BCUT2D eigenvalue weighted by Gasteiger charge is 2.27. The second-order valence-corrected chi connectivity index (χ2v) is 9.60. The van der Waals surface area contributed by atoms with Gasteiger partial charge in [-0.2, -0.15) is 0 Å². The zero-order valence-corrected chi connectivity index (χ0v) is 18.9. The Morgan fingerprint density at radius 1 is 1.10 bits per heavy atom. The molecule has 2 aromatic carbocycles. The molecule has 5 rings (SSSR count). The lowest BCUT2D eigenvalue weighted by atomic mass is 9.96. The van der Waals surface area contributed by atoms with Gasteiger partial charge in [-0.1, -0.05) is 30.3 Å². The molecule has 2 aliphatic heterocycles. The topological polar surface area (TPSA) is 36.5 Å². The van der Waals surface area contributed by atoms with E-state index in [1.807, 2.05) is 7.11 Å². The van der Waals surface area contributed by atoms with Crippen molar-refractivity contribution in [1.82, 2.24) is 10.6 Å². The van der Waals surface area contributed by atoms with E-state index in [4.69, 9.17) is 4.74 Å². The molecule has 0 aromatic heterocycles. The van der Waals surface area contributed by atoms with Crippen LogP contribution in [0.3, 0.4) is 0 Å². The van der Waals surface area contributed by atoms with Crippen molar-refractivity contribution >= 4 is 5.69 Å². The minimum atomic E-state index is -0.0221. The number of hydrogen-bond acceptors (Lipinski definition) is 4. The molecule has 2 heterocycles. The van der Waals surface area contributed by atoms with Gasteiger partial charge in [0, 0.05) is 32.4 Å². The van der Waals surface area contributed by atoms with Gasteiger partial charge < -0.3 is 15.0 Å². The van der Waals surface area contributed by atoms with Gasteiger partial charge in [0.05, 0.1) is 0 Å². The van der Waals surface area contributed by atoms with Crippen molar-refractivity contribution in [2.24, 2.45) is 5.92 Å². The number of piperidine rings is 1. The molecule has 1 saturated heterocycles. The maximum Gasteiger partial charge on any atom is 0.133 e. The maximum absolute atomic E-state index is 5.85. The van der Waals surface area contributed by atoms with Gasteiger partial charge in [0.2, 0.25) is 0 Å². The summed E-state index contributed by atoms with van der Waals surface area (Å²) >= 11 is 0. The maximum atomic E-state index is 5.85. The highest BCUT2D eigenvalue weighted by molar-refractivity contribution is 5.57. The van der Waals surface area contributed by atoms with Crippen molar-refractivity contribution in [3.63, 3.8) is 0 Å². The summed E-state index contributed by atoms with van der Waals surface area (Å²) in [6.07, 6.45) is 7.60. The van der Waals surface area contributed by atoms with Crippen LogP contribution in [0.5, 0.6) is 0 Å². The van der Waals surface area contributed by atoms with E-state index in [0.717, 1.165) is 51.0 Å². The number of nitrogens with one attached hydrogen (secondary N) is 2. The Morgan fingerprint density at radius 3 is 2.74 bits per heavy atom. The van der Waals surface area contributed by atoms with E-state index >= 15 is 0 Å². The summed E-state index contributed by atoms with van der Waals surface area (Å²) < 4.78 is 5.85. The number of hydrogen-bond donors (Lipinski definition) is 2. The standard InChI is InChI=1S/C27H37N3O/c1-31-27(29-18-20-12-14-28-15-13-20)23-10-11-26-22(17-23)6-4-16-30(26)19-24-5-2-3-7-25(24)21-8-9-21/h2-3,5,7,10-11,17,20-21,27-29H,4,6,8-9,12-16,18-19H2,1H3. The number of anilines is 1. The van der Waals surface area contributed by atoms with Crippen LogP contribution in [-0.2, 0) is 17.7 Å². The monoisotopic (exact) mass is 419 g/mol. The number of ether oxygens (including phenoxy) is 1. The highest BCUT2D eigenvalue weighted by atomic mass is 16.5. The molecule has 0 bridgehead atoms. The van der Waals surface area contributed by atoms with Crippen molar-refractivity contribution < 1.29 is 4.74 Å². The number of nitrogens with zero attached hydrogens (tertiary/aromatic N) is 1. The van der Waals surface area contributed by atoms with Gasteiger partial charge in [0.15, 0.2) is 0 Å². The number of fused-ring (bicyclic) bond motifs is 1. The molecule has 2 fully saturated rings. The Balaban J connectivity index is 1.29. The number of rotatable bonds is 8. The molecule has 1 saturated carbocycles. The molecule has 0 radical (unpaired) electrons. The first kappa shape index (κ1) is 21.0. The first-order valence-electron chi connectivity index (χ1n) is 12.2. The molecule has 2 aromatic rings. The van der Waals surface area contributed by atoms with Gasteiger partial charge in [-0.15, -0.1) is 0 Å². The van der Waals surface area contributed by atoms with Crippen molar-refractivity contribution in [2.75, 3.05) is 38.2 Å². The van der Waals surface area contributed by atoms with E-state index in [0.29, 0.717) is 0 Å². The molecular weight excluding hydrogens is 382 g/mol. The SMILES string of the molecule is COC(NCC1CCNCC1)c1ccc2c(c1)CCCN2Cc1ccccc1C1CC1. The highest BCUT2D eigenvalue weighted by Crippen LogP contribution is 2.42. The molecule has 1 unspecified atom stereocenters. The third-order valence-electron chi connectivity index (χ3n) is 7.34. The van der Waals surface area contributed by atoms with Crippen LogP contribution in [0.1, 0.15) is 66.5 Å². The normalized spacial score (nSPS) is 20.5. The van der Waals surface area contributed by atoms with Crippen LogP contribution in [0, 0.1) is 5.92 Å². The van der Waals surface area contributed by atoms with Gasteiger partial charge in [0.1, 0.15) is 6.23 Å². The zero-order valence-electron chi connectivity index (χ0n) is 18.9. The van der Waals surface area contributed by atoms with E-state index in [-0.39, 0.29) is 6.23 Å². The predicted octanol–water partition coefficient (Wildman–Crippen LogP) is 4.75. The molecule has 2 N–H and O–H groups in total. The smallest absolute Gasteiger partial charge is 0.133 e. The second kappa shape index (κ2) is 9.72. The first-order chi connectivity index (χ1) is 15.3. The van der Waals surface area contributed by atoms with Gasteiger partial charge in [-0.3, -0.25) is 5.32 Å². The molecule has 0 spiro atoms. The fraction of sp³-hybridized carbons (Fsp3) is 0.556. The van der Waals surface area contributed by atoms with E-state index in [2.05, 4.69) is 58.0 Å². The molecular formula is C27H37N3O. The van der Waals surface area contributed by atoms with Crippen molar-refractivity contribution in [3.8, 4) is 0 Å². The summed E-state index contributed by atoms with van der Waals surface area (Å²) in [6.45, 7) is 5.49. The average molecular weight is 420 g/mol. The largest absolute Gasteiger partial charge is 0.367 e. The summed E-state index contributed by atoms with van der Waals surface area (Å²) in [5, 5.41) is 7.13. The fourth-order valence-electron chi connectivity index (χ4n) is 5.40. The van der Waals surface area contributed by atoms with E-state index in [9.17, 15) is 0 Å². The van der Waals surface area contributed by atoms with Crippen LogP contribution in [0.25, 0.3) is 0 Å². The molecule has 166 valence electrons. The summed E-state index contributed by atoms with van der Waals surface area (Å²) in [5.41, 5.74) is 7.23. The Hall–Kier alpha value is -1.88. The van der Waals surface area contributed by atoms with Gasteiger partial charge >= 0.3 is 0 Å². The molecule has 31 heavy (non-hydrogen) atoms. The van der Waals surface area contributed by atoms with Crippen LogP contribution in [0.15, 0.2) is 42.5 Å². The zero-order chi connectivity index (χ0) is 21.0. The van der Waals surface area contributed by atoms with Crippen molar-refractivity contribution in [1.29, 1.82) is 0 Å². The first-order valence-corrected chi connectivity index (χ1v) is 12.2. The summed E-state index contributed by atoms with van der Waals surface area (Å²) in [6, 6.07) is 16.1. The van der Waals surface area contributed by atoms with Crippen LogP contribution >= 0.6 is 0 Å². The van der Waals surface area contributed by atoms with Crippen LogP contribution in [-0.4, -0.2) is 33.3 Å². The Labute approximate surface area is 187 Å². The third-order valence-corrected chi connectivity index (χ3v) is 7.34. The molecule has 1 atom stereocenters. The molecule has 1 aliphatic carbocycles. The number of aryl methyl sites for hydroxylation is 1. The lowest BCUT2D eigenvalue weighted by Crippen LogP contribution is -2.35. The Bertz CT molecular complexity index is 873. The second-order valence-electron chi connectivity index (χ2n) is 9.60. The minimum Gasteiger partial charge on any atom is -0.367 e. The van der Waals surface area contributed by atoms with E-state index in [1.165, 1.54) is 54.5 Å². The predicted molar refractivity (Wildman–Crippen MR) is 128 cm³/mol. The molecule has 4 nitrogen and oxygen atoms in total. The van der Waals surface area contributed by atoms with Gasteiger partial charge in [-0.25, -0.2) is 0 Å². The van der Waals surface area contributed by atoms with Crippen molar-refractivity contribution in [2.45, 2.75) is 57.2 Å². The number of methoxy groups -OCH3 is 1.